The molecule has 1 unspecified atom stereocenters. The van der Waals surface area contributed by atoms with E-state index in [4.69, 9.17) is 33.6 Å². The number of nitriles is 1. The lowest BCUT2D eigenvalue weighted by molar-refractivity contribution is -0.137. The van der Waals surface area contributed by atoms with Crippen molar-refractivity contribution in [3.05, 3.63) is 57.8 Å². The summed E-state index contributed by atoms with van der Waals surface area (Å²) in [5.41, 5.74) is 1.75. The van der Waals surface area contributed by atoms with Crippen molar-refractivity contribution in [1.29, 1.82) is 5.26 Å². The van der Waals surface area contributed by atoms with E-state index < -0.39 is 18.0 Å². The summed E-state index contributed by atoms with van der Waals surface area (Å²) in [7, 11) is 0. The molecule has 1 atom stereocenters. The molecule has 33 heavy (non-hydrogen) atoms. The van der Waals surface area contributed by atoms with Crippen LogP contribution in [-0.4, -0.2) is 45.5 Å². The van der Waals surface area contributed by atoms with Gasteiger partial charge in [-0.15, -0.1) is 0 Å². The highest BCUT2D eigenvalue weighted by Gasteiger charge is 2.45. The molecule has 2 heterocycles. The molecule has 1 aliphatic rings. The Hall–Kier alpha value is -3.15. The van der Waals surface area contributed by atoms with Gasteiger partial charge in [0.1, 0.15) is 16.3 Å². The van der Waals surface area contributed by atoms with E-state index in [1.165, 1.54) is 17.0 Å². The van der Waals surface area contributed by atoms with E-state index >= 15 is 0 Å². The maximum absolute atomic E-state index is 13.3. The first kappa shape index (κ1) is 24.5. The molecule has 172 valence electrons. The first-order valence-corrected chi connectivity index (χ1v) is 11.2. The number of aryl methyl sites for hydroxylation is 1. The van der Waals surface area contributed by atoms with Crippen molar-refractivity contribution >= 4 is 46.8 Å². The largest absolute Gasteiger partial charge is 0.481 e. The summed E-state index contributed by atoms with van der Waals surface area (Å²) in [6, 6.07) is 10.8. The molecule has 1 fully saturated rings. The van der Waals surface area contributed by atoms with E-state index in [0.717, 1.165) is 10.5 Å². The van der Waals surface area contributed by atoms with Crippen LogP contribution in [0.15, 0.2) is 36.4 Å². The molecule has 1 N–H and O–H groups in total. The molecule has 10 heteroatoms. The van der Waals surface area contributed by atoms with E-state index in [0.29, 0.717) is 44.2 Å². The Bertz CT molecular complexity index is 1060. The fourth-order valence-electron chi connectivity index (χ4n) is 3.77. The number of urea groups is 1. The number of anilines is 1. The van der Waals surface area contributed by atoms with E-state index in [-0.39, 0.29) is 28.3 Å². The van der Waals surface area contributed by atoms with Gasteiger partial charge in [-0.05, 0) is 55.5 Å². The fraction of sp³-hybridized carbons (Fsp3) is 0.348. The first-order chi connectivity index (χ1) is 15.8. The van der Waals surface area contributed by atoms with Gasteiger partial charge in [-0.2, -0.15) is 5.26 Å². The molecule has 2 aromatic rings. The molecule has 0 aliphatic carbocycles. The number of carboxylic acids is 1. The summed E-state index contributed by atoms with van der Waals surface area (Å²) in [5, 5.41) is 17.9. The average Bonchev–Trinajstić information content (AvgIpc) is 3.00. The normalized spacial score (nSPS) is 15.7. The predicted molar refractivity (Wildman–Crippen MR) is 123 cm³/mol. The lowest BCUT2D eigenvalue weighted by Gasteiger charge is -2.22. The second-order valence-corrected chi connectivity index (χ2v) is 8.46. The van der Waals surface area contributed by atoms with Crippen molar-refractivity contribution in [3.8, 4) is 6.07 Å². The number of carbonyl (C=O) groups excluding carboxylic acids is 2. The molecule has 1 aliphatic heterocycles. The number of amides is 3. The van der Waals surface area contributed by atoms with Crippen molar-refractivity contribution in [2.45, 2.75) is 44.6 Å². The summed E-state index contributed by atoms with van der Waals surface area (Å²) in [5.74, 6) is -1.24. The zero-order valence-electron chi connectivity index (χ0n) is 17.7. The summed E-state index contributed by atoms with van der Waals surface area (Å²) in [4.78, 5) is 43.7. The third-order valence-corrected chi connectivity index (χ3v) is 5.79. The fourth-order valence-corrected chi connectivity index (χ4v) is 4.22. The van der Waals surface area contributed by atoms with Crippen molar-refractivity contribution in [2.24, 2.45) is 0 Å². The van der Waals surface area contributed by atoms with Crippen LogP contribution in [0.3, 0.4) is 0 Å². The second kappa shape index (κ2) is 11.1. The number of aliphatic carboxylic acids is 1. The molecule has 0 bridgehead atoms. The number of hydrogen-bond donors (Lipinski definition) is 1. The number of halogens is 2. The zero-order valence-corrected chi connectivity index (χ0v) is 19.2. The summed E-state index contributed by atoms with van der Waals surface area (Å²) in [6.07, 6.45) is 2.70. The van der Waals surface area contributed by atoms with Gasteiger partial charge >= 0.3 is 12.0 Å². The first-order valence-electron chi connectivity index (χ1n) is 10.5. The highest BCUT2D eigenvalue weighted by molar-refractivity contribution is 6.33. The number of rotatable bonds is 10. The van der Waals surface area contributed by atoms with Gasteiger partial charge in [0.05, 0.1) is 17.3 Å². The SMILES string of the molecule is N#Cc1ccc(CCC2C(=O)N(c3cc(Cl)nc(Cl)c3)C(=O)N2CCCCCC(=O)O)cc1. The molecule has 1 saturated heterocycles. The minimum absolute atomic E-state index is 0.0646. The Balaban J connectivity index is 1.77. The molecule has 0 radical (unpaired) electrons. The molecular formula is C23H22Cl2N4O4. The molecule has 1 aromatic carbocycles. The van der Waals surface area contributed by atoms with Gasteiger partial charge in [-0.3, -0.25) is 9.59 Å². The molecule has 0 spiro atoms. The number of imide groups is 1. The Morgan fingerprint density at radius 1 is 1.09 bits per heavy atom. The smallest absolute Gasteiger partial charge is 0.332 e. The van der Waals surface area contributed by atoms with Gasteiger partial charge in [0.25, 0.3) is 5.91 Å². The van der Waals surface area contributed by atoms with Gasteiger partial charge in [-0.1, -0.05) is 41.8 Å². The second-order valence-electron chi connectivity index (χ2n) is 7.69. The van der Waals surface area contributed by atoms with Crippen molar-refractivity contribution in [1.82, 2.24) is 9.88 Å². The van der Waals surface area contributed by atoms with E-state index in [1.807, 2.05) is 12.1 Å². The Labute approximate surface area is 201 Å². The van der Waals surface area contributed by atoms with Crippen LogP contribution in [0.1, 0.15) is 43.2 Å². The number of nitrogens with zero attached hydrogens (tertiary/aromatic N) is 4. The summed E-state index contributed by atoms with van der Waals surface area (Å²) >= 11 is 12.0. The van der Waals surface area contributed by atoms with Gasteiger partial charge in [-0.25, -0.2) is 14.7 Å². The van der Waals surface area contributed by atoms with Crippen molar-refractivity contribution in [2.75, 3.05) is 11.4 Å². The number of benzene rings is 1. The maximum atomic E-state index is 13.3. The van der Waals surface area contributed by atoms with Crippen molar-refractivity contribution < 1.29 is 19.5 Å². The molecule has 8 nitrogen and oxygen atoms in total. The number of carboxylic acid groups (broad SMARTS) is 1. The summed E-state index contributed by atoms with van der Waals surface area (Å²) < 4.78 is 0. The van der Waals surface area contributed by atoms with Crippen LogP contribution in [0.25, 0.3) is 0 Å². The zero-order chi connectivity index (χ0) is 24.0. The van der Waals surface area contributed by atoms with E-state index in [2.05, 4.69) is 11.1 Å². The van der Waals surface area contributed by atoms with Gasteiger partial charge in [0.15, 0.2) is 0 Å². The monoisotopic (exact) mass is 488 g/mol. The van der Waals surface area contributed by atoms with Crippen LogP contribution in [0.5, 0.6) is 0 Å². The summed E-state index contributed by atoms with van der Waals surface area (Å²) in [6.45, 7) is 0.325. The third-order valence-electron chi connectivity index (χ3n) is 5.40. The van der Waals surface area contributed by atoms with Gasteiger partial charge in [0, 0.05) is 13.0 Å². The number of aromatic nitrogens is 1. The number of unbranched alkanes of at least 4 members (excludes halogenated alkanes) is 2. The Morgan fingerprint density at radius 3 is 2.36 bits per heavy atom. The number of hydrogen-bond acceptors (Lipinski definition) is 5. The van der Waals surface area contributed by atoms with Gasteiger partial charge in [0.2, 0.25) is 0 Å². The average molecular weight is 489 g/mol. The quantitative estimate of drug-likeness (QED) is 0.295. The lowest BCUT2D eigenvalue weighted by atomic mass is 10.0. The number of pyridine rings is 1. The maximum Gasteiger partial charge on any atom is 0.332 e. The molecule has 0 saturated carbocycles. The minimum Gasteiger partial charge on any atom is -0.481 e. The van der Waals surface area contributed by atoms with E-state index in [1.54, 1.807) is 12.1 Å². The molecule has 3 rings (SSSR count). The van der Waals surface area contributed by atoms with Crippen LogP contribution in [-0.2, 0) is 16.0 Å². The van der Waals surface area contributed by atoms with Crippen molar-refractivity contribution in [3.63, 3.8) is 0 Å². The standard InChI is InChI=1S/C23H22Cl2N4O4/c24-19-12-17(13-20(25)27-19)29-22(32)18(10-9-15-5-7-16(14-26)8-6-15)28(23(29)33)11-3-1-2-4-21(30)31/h5-8,12-13,18H,1-4,9-11H2,(H,30,31). The van der Waals surface area contributed by atoms with Crippen LogP contribution in [0.4, 0.5) is 10.5 Å². The predicted octanol–water partition coefficient (Wildman–Crippen LogP) is 4.68. The van der Waals surface area contributed by atoms with Crippen LogP contribution in [0, 0.1) is 11.3 Å². The lowest BCUT2D eigenvalue weighted by Crippen LogP contribution is -2.36. The van der Waals surface area contributed by atoms with Crippen LogP contribution in [0.2, 0.25) is 10.3 Å². The highest BCUT2D eigenvalue weighted by Crippen LogP contribution is 2.30. The highest BCUT2D eigenvalue weighted by atomic mass is 35.5. The van der Waals surface area contributed by atoms with Gasteiger partial charge < -0.3 is 10.0 Å². The van der Waals surface area contributed by atoms with Crippen LogP contribution < -0.4 is 4.90 Å². The molecular weight excluding hydrogens is 467 g/mol. The van der Waals surface area contributed by atoms with E-state index in [9.17, 15) is 14.4 Å². The topological polar surface area (TPSA) is 115 Å². The third kappa shape index (κ3) is 6.21. The van der Waals surface area contributed by atoms with Crippen LogP contribution >= 0.6 is 23.2 Å². The minimum atomic E-state index is -0.861. The molecule has 3 amide bonds. The molecule has 1 aromatic heterocycles. The number of carbonyl (C=O) groups is 3. The Morgan fingerprint density at radius 2 is 1.76 bits per heavy atom. The Kier molecular flexibility index (Phi) is 8.26.